The van der Waals surface area contributed by atoms with E-state index in [1.165, 1.54) is 16.7 Å². The summed E-state index contributed by atoms with van der Waals surface area (Å²) in [6.45, 7) is 12.6. The van der Waals surface area contributed by atoms with E-state index in [2.05, 4.69) is 37.8 Å². The summed E-state index contributed by atoms with van der Waals surface area (Å²) in [7, 11) is 1.61. The number of nitrogens with zero attached hydrogens (tertiary/aromatic N) is 7. The number of aryl methyl sites for hydroxylation is 1. The summed E-state index contributed by atoms with van der Waals surface area (Å²) in [6, 6.07) is 13.5. The molecule has 6 rings (SSSR count). The van der Waals surface area contributed by atoms with E-state index in [1.807, 2.05) is 13.0 Å². The highest BCUT2D eigenvalue weighted by atomic mass is 19.1. The van der Waals surface area contributed by atoms with Crippen LogP contribution in [-0.2, 0) is 7.05 Å². The molecule has 2 aliphatic rings. The summed E-state index contributed by atoms with van der Waals surface area (Å²) >= 11 is 0. The second-order valence-corrected chi connectivity index (χ2v) is 10.8. The number of aromatic nitrogens is 3. The van der Waals surface area contributed by atoms with Gasteiger partial charge in [-0.3, -0.25) is 9.69 Å². The average molecular weight is 538 g/mol. The van der Waals surface area contributed by atoms with Crippen molar-refractivity contribution in [2.24, 2.45) is 7.05 Å². The fourth-order valence-electron chi connectivity index (χ4n) is 5.82. The molecule has 9 nitrogen and oxygen atoms in total. The van der Waals surface area contributed by atoms with Crippen molar-refractivity contribution < 1.29 is 8.91 Å². The van der Waals surface area contributed by atoms with Crippen LogP contribution in [0.25, 0.3) is 15.9 Å². The lowest BCUT2D eigenvalue weighted by Crippen LogP contribution is -2.58. The molecule has 1 saturated heterocycles. The number of benzene rings is 1. The summed E-state index contributed by atoms with van der Waals surface area (Å²) < 4.78 is 21.0. The first-order valence-corrected chi connectivity index (χ1v) is 13.4. The van der Waals surface area contributed by atoms with E-state index >= 15 is 0 Å². The van der Waals surface area contributed by atoms with Gasteiger partial charge in [0.1, 0.15) is 34.6 Å². The minimum absolute atomic E-state index is 0.0118. The lowest BCUT2D eigenvalue weighted by molar-refractivity contribution is 0.125. The molecule has 2 fully saturated rings. The van der Waals surface area contributed by atoms with Crippen LogP contribution in [0.4, 0.5) is 15.9 Å². The van der Waals surface area contributed by atoms with Gasteiger partial charge in [0.25, 0.3) is 11.4 Å². The van der Waals surface area contributed by atoms with Gasteiger partial charge in [-0.2, -0.15) is 5.26 Å². The molecule has 1 saturated carbocycles. The topological polar surface area (TPSA) is 95.6 Å². The molecule has 1 aliphatic carbocycles. The van der Waals surface area contributed by atoms with Gasteiger partial charge in [-0.1, -0.05) is 23.9 Å². The zero-order valence-electron chi connectivity index (χ0n) is 22.5. The van der Waals surface area contributed by atoms with Gasteiger partial charge in [-0.15, -0.1) is 4.98 Å². The van der Waals surface area contributed by atoms with Crippen LogP contribution in [0.3, 0.4) is 0 Å². The largest absolute Gasteiger partial charge is 0.361 e. The molecule has 1 unspecified atom stereocenters. The zero-order valence-corrected chi connectivity index (χ0v) is 22.5. The van der Waals surface area contributed by atoms with Crippen LogP contribution < -0.4 is 10.5 Å². The van der Waals surface area contributed by atoms with Crippen LogP contribution in [0.2, 0.25) is 0 Å². The fraction of sp³-hybridized carbons (Fsp3) is 0.367. The summed E-state index contributed by atoms with van der Waals surface area (Å²) in [4.78, 5) is 25.6. The van der Waals surface area contributed by atoms with Crippen molar-refractivity contribution in [1.29, 1.82) is 5.26 Å². The maximum absolute atomic E-state index is 13.9. The molecule has 4 aromatic rings. The Kier molecular flexibility index (Phi) is 6.36. The van der Waals surface area contributed by atoms with Crippen molar-refractivity contribution in [2.75, 3.05) is 18.0 Å². The van der Waals surface area contributed by atoms with Crippen molar-refractivity contribution in [3.63, 3.8) is 0 Å². The van der Waals surface area contributed by atoms with Gasteiger partial charge in [0.2, 0.25) is 5.52 Å². The van der Waals surface area contributed by atoms with Crippen LogP contribution in [0.5, 0.6) is 0 Å². The van der Waals surface area contributed by atoms with Crippen LogP contribution in [0.15, 0.2) is 51.8 Å². The lowest BCUT2D eigenvalue weighted by atomic mass is 9.96. The molecule has 40 heavy (non-hydrogen) atoms. The Labute approximate surface area is 230 Å². The van der Waals surface area contributed by atoms with Gasteiger partial charge in [0.05, 0.1) is 11.6 Å². The molecule has 0 N–H and O–H groups in total. The molecule has 1 aromatic carbocycles. The third-order valence-corrected chi connectivity index (χ3v) is 8.07. The molecule has 0 bridgehead atoms. The van der Waals surface area contributed by atoms with Gasteiger partial charge in [0, 0.05) is 44.2 Å². The Morgan fingerprint density at radius 1 is 1.15 bits per heavy atom. The van der Waals surface area contributed by atoms with Crippen LogP contribution in [-0.4, -0.2) is 44.8 Å². The Bertz CT molecular complexity index is 1740. The average Bonchev–Trinajstić information content (AvgIpc) is 3.70. The third kappa shape index (κ3) is 4.31. The Balaban J connectivity index is 1.42. The van der Waals surface area contributed by atoms with Gasteiger partial charge < -0.3 is 18.8 Å². The highest BCUT2D eigenvalue weighted by Gasteiger charge is 2.39. The molecule has 0 spiro atoms. The summed E-state index contributed by atoms with van der Waals surface area (Å²) in [5.41, 5.74) is 2.78. The van der Waals surface area contributed by atoms with E-state index in [-0.39, 0.29) is 35.3 Å². The number of rotatable bonds is 5. The van der Waals surface area contributed by atoms with E-state index < -0.39 is 5.56 Å². The predicted molar refractivity (Wildman–Crippen MR) is 148 cm³/mol. The molecular formula is C30H28FN7O2. The van der Waals surface area contributed by atoms with Crippen molar-refractivity contribution in [3.05, 3.63) is 92.6 Å². The first-order chi connectivity index (χ1) is 19.3. The second kappa shape index (κ2) is 9.89. The van der Waals surface area contributed by atoms with Crippen molar-refractivity contribution in [1.82, 2.24) is 19.6 Å². The number of halogens is 1. The number of fused-ring (bicyclic) bond motifs is 1. The minimum atomic E-state index is -0.399. The molecule has 0 amide bonds. The number of hydrogen-bond donors (Lipinski definition) is 0. The lowest BCUT2D eigenvalue weighted by Gasteiger charge is -2.48. The molecule has 3 atom stereocenters. The Morgan fingerprint density at radius 3 is 2.58 bits per heavy atom. The minimum Gasteiger partial charge on any atom is -0.361 e. The Hall–Kier alpha value is -4.54. The number of anilines is 1. The quantitative estimate of drug-likeness (QED) is 0.329. The van der Waals surface area contributed by atoms with Gasteiger partial charge >= 0.3 is 0 Å². The predicted octanol–water partition coefficient (Wildman–Crippen LogP) is 5.05. The number of piperazine rings is 1. The summed E-state index contributed by atoms with van der Waals surface area (Å²) in [5, 5.41) is 14.5. The van der Waals surface area contributed by atoms with E-state index in [0.717, 1.165) is 29.9 Å². The first kappa shape index (κ1) is 25.7. The first-order valence-electron chi connectivity index (χ1n) is 13.4. The van der Waals surface area contributed by atoms with Crippen LogP contribution >= 0.6 is 0 Å². The summed E-state index contributed by atoms with van der Waals surface area (Å²) in [5.74, 6) is 1.19. The third-order valence-electron chi connectivity index (χ3n) is 8.07. The van der Waals surface area contributed by atoms with Crippen LogP contribution in [0, 0.1) is 23.7 Å². The maximum atomic E-state index is 13.9. The SMILES string of the molecule is [C-]#[N+]c1ccc2c(n1)c(N1C[C@@H](C)N(C(c3ccc(F)cc3)c3cc(C4CC4)on3)C[C@@H]1C)c(C#N)c(=O)n2C. The van der Waals surface area contributed by atoms with E-state index in [9.17, 15) is 14.4 Å². The number of nitriles is 1. The van der Waals surface area contributed by atoms with Crippen LogP contribution in [0.1, 0.15) is 61.2 Å². The van der Waals surface area contributed by atoms with Gasteiger partial charge in [-0.25, -0.2) is 4.39 Å². The maximum Gasteiger partial charge on any atom is 0.271 e. The van der Waals surface area contributed by atoms with E-state index in [4.69, 9.17) is 11.1 Å². The number of hydrogen-bond acceptors (Lipinski definition) is 7. The highest BCUT2D eigenvalue weighted by Crippen LogP contribution is 2.42. The monoisotopic (exact) mass is 537 g/mol. The van der Waals surface area contributed by atoms with E-state index in [1.54, 1.807) is 31.3 Å². The Morgan fingerprint density at radius 2 is 1.90 bits per heavy atom. The molecule has 4 heterocycles. The normalized spacial score (nSPS) is 20.3. The second-order valence-electron chi connectivity index (χ2n) is 10.8. The molecule has 1 aliphatic heterocycles. The standard InChI is InChI=1S/C30H28FN7O2/c1-17-16-38(29-22(14-32)30(39)36(4)24-11-12-26(33-3)34-27(24)29)18(2)15-37(17)28(20-7-9-21(31)10-8-20)23-13-25(40-35-23)19-5-6-19/h7-13,17-19,28H,5-6,15-16H2,1-2,4H3/t17-,18+,28?/m1/s1. The fourth-order valence-corrected chi connectivity index (χ4v) is 5.82. The molecule has 202 valence electrons. The molecule has 3 aromatic heterocycles. The van der Waals surface area contributed by atoms with Crippen molar-refractivity contribution >= 4 is 22.5 Å². The smallest absolute Gasteiger partial charge is 0.271 e. The molecule has 0 radical (unpaired) electrons. The van der Waals surface area contributed by atoms with E-state index in [0.29, 0.717) is 35.7 Å². The van der Waals surface area contributed by atoms with Crippen molar-refractivity contribution in [3.8, 4) is 6.07 Å². The molecule has 10 heteroatoms. The molecular weight excluding hydrogens is 509 g/mol. The summed E-state index contributed by atoms with van der Waals surface area (Å²) in [6.07, 6.45) is 2.19. The van der Waals surface area contributed by atoms with Crippen molar-refractivity contribution in [2.45, 2.75) is 50.7 Å². The highest BCUT2D eigenvalue weighted by molar-refractivity contribution is 5.93. The zero-order chi connectivity index (χ0) is 28.1. The van der Waals surface area contributed by atoms with Gasteiger partial charge in [-0.05, 0) is 56.5 Å². The van der Waals surface area contributed by atoms with Gasteiger partial charge in [0.15, 0.2) is 0 Å². The number of pyridine rings is 2.